The van der Waals surface area contributed by atoms with Gasteiger partial charge in [-0.15, -0.1) is 0 Å². The van der Waals surface area contributed by atoms with Gasteiger partial charge in [0.25, 0.3) is 0 Å². The highest BCUT2D eigenvalue weighted by Gasteiger charge is 2.26. The number of rotatable bonds is 8. The van der Waals surface area contributed by atoms with E-state index in [1.807, 2.05) is 0 Å². The molecule has 7 nitrogen and oxygen atoms in total. The third-order valence-corrected chi connectivity index (χ3v) is 3.49. The van der Waals surface area contributed by atoms with Gasteiger partial charge in [0.2, 0.25) is 0 Å². The molecule has 1 aromatic rings. The fourth-order valence-corrected chi connectivity index (χ4v) is 2.31. The molecule has 150 valence electrons. The topological polar surface area (TPSA) is 105 Å². The van der Waals surface area contributed by atoms with Gasteiger partial charge in [0.05, 0.1) is 6.61 Å². The predicted octanol–water partition coefficient (Wildman–Crippen LogP) is 1.84. The van der Waals surface area contributed by atoms with E-state index in [1.165, 1.54) is 12.1 Å². The number of aryl methyl sites for hydroxylation is 1. The monoisotopic (exact) mass is 383 g/mol. The van der Waals surface area contributed by atoms with E-state index in [-0.39, 0.29) is 24.9 Å². The summed E-state index contributed by atoms with van der Waals surface area (Å²) in [5, 5.41) is 20.2. The maximum atomic E-state index is 14.4. The second-order valence-corrected chi connectivity index (χ2v) is 7.10. The van der Waals surface area contributed by atoms with Crippen LogP contribution in [0.25, 0.3) is 0 Å². The molecule has 0 saturated carbocycles. The first kappa shape index (κ1) is 22.9. The van der Waals surface area contributed by atoms with Crippen molar-refractivity contribution in [2.45, 2.75) is 58.5 Å². The largest absolute Gasteiger partial charge is 0.464 e. The molecule has 9 heteroatoms. The summed E-state index contributed by atoms with van der Waals surface area (Å²) < 4.78 is 24.5. The highest BCUT2D eigenvalue weighted by atomic mass is 19.1. The van der Waals surface area contributed by atoms with Gasteiger partial charge in [-0.05, 0) is 57.6 Å². The molecule has 1 amide bonds. The summed E-state index contributed by atoms with van der Waals surface area (Å²) in [4.78, 5) is 24.1. The van der Waals surface area contributed by atoms with E-state index in [4.69, 9.17) is 19.5 Å². The number of nitrogens with one attached hydrogen (secondary N) is 1. The number of esters is 1. The molecule has 1 rings (SSSR count). The Bertz CT molecular complexity index is 647. The van der Waals surface area contributed by atoms with Crippen molar-refractivity contribution in [1.82, 2.24) is 5.32 Å². The molecular weight excluding hydrogens is 356 g/mol. The van der Waals surface area contributed by atoms with Crippen LogP contribution in [0.5, 0.6) is 0 Å². The number of ether oxygens (including phenoxy) is 2. The Morgan fingerprint density at radius 2 is 1.96 bits per heavy atom. The number of alkyl carbamates (subject to hydrolysis) is 1. The Kier molecular flexibility index (Phi) is 8.72. The summed E-state index contributed by atoms with van der Waals surface area (Å²) in [5.41, 5.74) is 0.0718. The molecule has 0 spiro atoms. The summed E-state index contributed by atoms with van der Waals surface area (Å²) in [6, 6.07) is 3.31. The van der Waals surface area contributed by atoms with Gasteiger partial charge in [-0.2, -0.15) is 0 Å². The van der Waals surface area contributed by atoms with E-state index in [9.17, 15) is 14.0 Å². The molecule has 1 aromatic carbocycles. The minimum Gasteiger partial charge on any atom is -0.464 e. The number of carbonyl (C=O) groups excluding carboxylic acids is 2. The summed E-state index contributed by atoms with van der Waals surface area (Å²) >= 11 is 0. The molecule has 0 aliphatic heterocycles. The van der Waals surface area contributed by atoms with Crippen LogP contribution in [0.4, 0.5) is 9.18 Å². The number of hydrogen-bond donors (Lipinski definition) is 3. The summed E-state index contributed by atoms with van der Waals surface area (Å²) in [5.74, 6) is -1.24. The zero-order valence-corrected chi connectivity index (χ0v) is 16.1. The molecule has 0 bridgehead atoms. The van der Waals surface area contributed by atoms with Crippen LogP contribution < -0.4 is 5.32 Å². The van der Waals surface area contributed by atoms with Gasteiger partial charge >= 0.3 is 19.2 Å². The summed E-state index contributed by atoms with van der Waals surface area (Å²) in [6.07, 6.45) is -0.515. The van der Waals surface area contributed by atoms with E-state index >= 15 is 0 Å². The molecule has 0 saturated heterocycles. The lowest BCUT2D eigenvalue weighted by Gasteiger charge is -2.23. The van der Waals surface area contributed by atoms with Gasteiger partial charge in [-0.3, -0.25) is 0 Å². The van der Waals surface area contributed by atoms with E-state index in [0.29, 0.717) is 12.0 Å². The first-order valence-electron chi connectivity index (χ1n) is 8.81. The third kappa shape index (κ3) is 8.88. The SMILES string of the molecule is CCOC(=O)[C@@H](Cc1ccc(CCB(O)O)cc1F)NC(=O)OC(C)(C)C. The minimum atomic E-state index is -1.46. The van der Waals surface area contributed by atoms with E-state index in [0.717, 1.165) is 0 Å². The van der Waals surface area contributed by atoms with Crippen LogP contribution in [0, 0.1) is 5.82 Å². The van der Waals surface area contributed by atoms with Crippen LogP contribution in [-0.4, -0.2) is 47.5 Å². The average Bonchev–Trinajstić information content (AvgIpc) is 2.52. The van der Waals surface area contributed by atoms with Gasteiger partial charge in [0.1, 0.15) is 17.5 Å². The first-order chi connectivity index (χ1) is 12.5. The molecular formula is C18H27BFNO6. The number of benzene rings is 1. The van der Waals surface area contributed by atoms with Crippen molar-refractivity contribution in [3.63, 3.8) is 0 Å². The number of halogens is 1. The predicted molar refractivity (Wildman–Crippen MR) is 98.6 cm³/mol. The number of hydrogen-bond acceptors (Lipinski definition) is 6. The van der Waals surface area contributed by atoms with Crippen molar-refractivity contribution in [3.05, 3.63) is 35.1 Å². The number of amides is 1. The standard InChI is InChI=1S/C18H27BFNO6/c1-5-26-16(22)15(21-17(23)27-18(2,3)4)11-13-7-6-12(10-14(13)20)8-9-19(24)25/h6-7,10,15,24-25H,5,8-9,11H2,1-4H3,(H,21,23)/t15-/m1/s1. The van der Waals surface area contributed by atoms with Crippen LogP contribution in [0.2, 0.25) is 6.32 Å². The first-order valence-corrected chi connectivity index (χ1v) is 8.81. The number of carbonyl (C=O) groups is 2. The summed E-state index contributed by atoms with van der Waals surface area (Å²) in [6.45, 7) is 6.82. The van der Waals surface area contributed by atoms with Gasteiger partial charge in [-0.1, -0.05) is 12.1 Å². The van der Waals surface area contributed by atoms with Crippen molar-refractivity contribution < 1.29 is 33.5 Å². The molecule has 27 heavy (non-hydrogen) atoms. The van der Waals surface area contributed by atoms with Gasteiger partial charge in [0, 0.05) is 6.42 Å². The van der Waals surface area contributed by atoms with E-state index < -0.39 is 36.6 Å². The third-order valence-electron chi connectivity index (χ3n) is 3.49. The quantitative estimate of drug-likeness (QED) is 0.467. The fraction of sp³-hybridized carbons (Fsp3) is 0.556. The lowest BCUT2D eigenvalue weighted by molar-refractivity contribution is -0.145. The van der Waals surface area contributed by atoms with Crippen LogP contribution in [0.3, 0.4) is 0 Å². The van der Waals surface area contributed by atoms with Crippen molar-refractivity contribution >= 4 is 19.2 Å². The smallest absolute Gasteiger partial charge is 0.451 e. The van der Waals surface area contributed by atoms with Crippen LogP contribution in [0.1, 0.15) is 38.8 Å². The van der Waals surface area contributed by atoms with Gasteiger partial charge in [-0.25, -0.2) is 14.0 Å². The normalized spacial score (nSPS) is 12.3. The molecule has 0 unspecified atom stereocenters. The molecule has 0 aliphatic carbocycles. The summed E-state index contributed by atoms with van der Waals surface area (Å²) in [7, 11) is -1.46. The highest BCUT2D eigenvalue weighted by molar-refractivity contribution is 6.40. The van der Waals surface area contributed by atoms with Crippen molar-refractivity contribution in [2.75, 3.05) is 6.61 Å². The molecule has 0 heterocycles. The second kappa shape index (κ2) is 10.3. The highest BCUT2D eigenvalue weighted by Crippen LogP contribution is 2.16. The average molecular weight is 383 g/mol. The molecule has 3 N–H and O–H groups in total. The van der Waals surface area contributed by atoms with Crippen molar-refractivity contribution in [3.8, 4) is 0 Å². The molecule has 1 atom stereocenters. The van der Waals surface area contributed by atoms with E-state index in [2.05, 4.69) is 5.32 Å². The lowest BCUT2D eigenvalue weighted by atomic mass is 9.82. The van der Waals surface area contributed by atoms with Crippen LogP contribution in [-0.2, 0) is 27.1 Å². The van der Waals surface area contributed by atoms with E-state index in [1.54, 1.807) is 33.8 Å². The van der Waals surface area contributed by atoms with Crippen LogP contribution >= 0.6 is 0 Å². The van der Waals surface area contributed by atoms with Crippen molar-refractivity contribution in [1.29, 1.82) is 0 Å². The van der Waals surface area contributed by atoms with Gasteiger partial charge in [0.15, 0.2) is 0 Å². The van der Waals surface area contributed by atoms with Crippen LogP contribution in [0.15, 0.2) is 18.2 Å². The minimum absolute atomic E-state index is 0.0877. The maximum absolute atomic E-state index is 14.4. The fourth-order valence-electron chi connectivity index (χ4n) is 2.31. The molecule has 0 radical (unpaired) electrons. The molecule has 0 aliphatic rings. The Labute approximate surface area is 159 Å². The zero-order chi connectivity index (χ0) is 20.6. The Balaban J connectivity index is 2.88. The Hall–Kier alpha value is -2.13. The van der Waals surface area contributed by atoms with Crippen molar-refractivity contribution in [2.24, 2.45) is 0 Å². The maximum Gasteiger partial charge on any atom is 0.451 e. The lowest BCUT2D eigenvalue weighted by Crippen LogP contribution is -2.45. The Morgan fingerprint density at radius 3 is 2.48 bits per heavy atom. The van der Waals surface area contributed by atoms with Gasteiger partial charge < -0.3 is 24.8 Å². The Morgan fingerprint density at radius 1 is 1.30 bits per heavy atom. The molecule has 0 aromatic heterocycles. The zero-order valence-electron chi connectivity index (χ0n) is 16.1. The second-order valence-electron chi connectivity index (χ2n) is 7.10. The molecule has 0 fully saturated rings.